The van der Waals surface area contributed by atoms with E-state index in [1.54, 1.807) is 0 Å². The molecule has 0 aliphatic carbocycles. The van der Waals surface area contributed by atoms with E-state index in [1.807, 2.05) is 0 Å². The highest BCUT2D eigenvalue weighted by atomic mass is 79.9. The molecular formula is C12H13BrN2. The highest BCUT2D eigenvalue weighted by Crippen LogP contribution is 2.29. The molecule has 0 radical (unpaired) electrons. The summed E-state index contributed by atoms with van der Waals surface area (Å²) in [4.78, 5) is 3.51. The van der Waals surface area contributed by atoms with Crippen molar-refractivity contribution in [3.8, 4) is 0 Å². The zero-order valence-electron chi connectivity index (χ0n) is 8.44. The number of para-hydroxylation sites is 1. The standard InChI is InChI=1S/C12H13BrN2/c13-10-5-1-3-9-8-4-2-6-14-7-11(8)15-12(9)10/h1,3,5,14-15H,2,4,6-7H2. The van der Waals surface area contributed by atoms with Gasteiger partial charge in [-0.05, 0) is 46.9 Å². The fourth-order valence-corrected chi connectivity index (χ4v) is 2.80. The lowest BCUT2D eigenvalue weighted by Crippen LogP contribution is -2.12. The summed E-state index contributed by atoms with van der Waals surface area (Å²) < 4.78 is 1.16. The molecule has 15 heavy (non-hydrogen) atoms. The molecule has 2 nitrogen and oxygen atoms in total. The summed E-state index contributed by atoms with van der Waals surface area (Å²) >= 11 is 3.59. The Hall–Kier alpha value is -0.800. The number of halogens is 1. The summed E-state index contributed by atoms with van der Waals surface area (Å²) in [6.45, 7) is 2.09. The average Bonchev–Trinajstić information content (AvgIpc) is 2.45. The minimum Gasteiger partial charge on any atom is -0.356 e. The highest BCUT2D eigenvalue weighted by molar-refractivity contribution is 9.10. The lowest BCUT2D eigenvalue weighted by molar-refractivity contribution is 0.675. The largest absolute Gasteiger partial charge is 0.356 e. The van der Waals surface area contributed by atoms with Gasteiger partial charge in [0.15, 0.2) is 0 Å². The van der Waals surface area contributed by atoms with E-state index in [-0.39, 0.29) is 0 Å². The lowest BCUT2D eigenvalue weighted by Gasteiger charge is -1.97. The van der Waals surface area contributed by atoms with Crippen LogP contribution in [0.3, 0.4) is 0 Å². The van der Waals surface area contributed by atoms with E-state index in [2.05, 4.69) is 44.4 Å². The predicted octanol–water partition coefficient (Wildman–Crippen LogP) is 2.97. The summed E-state index contributed by atoms with van der Waals surface area (Å²) in [6.07, 6.45) is 2.41. The molecule has 1 aromatic carbocycles. The van der Waals surface area contributed by atoms with Crippen molar-refractivity contribution in [1.82, 2.24) is 10.3 Å². The normalized spacial score (nSPS) is 16.3. The van der Waals surface area contributed by atoms with Crippen LogP contribution in [0.1, 0.15) is 17.7 Å². The van der Waals surface area contributed by atoms with E-state index < -0.39 is 0 Å². The second-order valence-electron chi connectivity index (χ2n) is 4.02. The third-order valence-corrected chi connectivity index (χ3v) is 3.72. The van der Waals surface area contributed by atoms with E-state index in [9.17, 15) is 0 Å². The number of nitrogens with one attached hydrogen (secondary N) is 2. The smallest absolute Gasteiger partial charge is 0.0603 e. The van der Waals surface area contributed by atoms with Crippen molar-refractivity contribution >= 4 is 26.8 Å². The van der Waals surface area contributed by atoms with Crippen LogP contribution in [0.5, 0.6) is 0 Å². The van der Waals surface area contributed by atoms with Gasteiger partial charge in [0, 0.05) is 22.1 Å². The second kappa shape index (κ2) is 3.65. The number of benzene rings is 1. The number of hydrogen-bond acceptors (Lipinski definition) is 1. The minimum absolute atomic E-state index is 0.969. The molecule has 2 heterocycles. The first kappa shape index (κ1) is 9.43. The minimum atomic E-state index is 0.969. The zero-order chi connectivity index (χ0) is 10.3. The van der Waals surface area contributed by atoms with Gasteiger partial charge in [0.25, 0.3) is 0 Å². The van der Waals surface area contributed by atoms with Gasteiger partial charge in [0.05, 0.1) is 5.52 Å². The van der Waals surface area contributed by atoms with Crippen LogP contribution in [0.25, 0.3) is 10.9 Å². The number of aromatic nitrogens is 1. The van der Waals surface area contributed by atoms with E-state index in [0.717, 1.165) is 17.6 Å². The van der Waals surface area contributed by atoms with Crippen molar-refractivity contribution in [3.05, 3.63) is 33.9 Å². The molecule has 3 heteroatoms. The van der Waals surface area contributed by atoms with Crippen LogP contribution in [0.15, 0.2) is 22.7 Å². The molecule has 0 amide bonds. The third-order valence-electron chi connectivity index (χ3n) is 3.06. The van der Waals surface area contributed by atoms with Gasteiger partial charge in [-0.1, -0.05) is 12.1 Å². The molecule has 1 aromatic heterocycles. The van der Waals surface area contributed by atoms with Crippen molar-refractivity contribution in [2.75, 3.05) is 6.54 Å². The number of aromatic amines is 1. The van der Waals surface area contributed by atoms with Gasteiger partial charge >= 0.3 is 0 Å². The Morgan fingerprint density at radius 1 is 1.27 bits per heavy atom. The molecule has 0 bridgehead atoms. The van der Waals surface area contributed by atoms with Crippen molar-refractivity contribution < 1.29 is 0 Å². The maximum atomic E-state index is 3.59. The molecule has 0 spiro atoms. The quantitative estimate of drug-likeness (QED) is 0.753. The van der Waals surface area contributed by atoms with Gasteiger partial charge in [-0.2, -0.15) is 0 Å². The maximum absolute atomic E-state index is 3.59. The lowest BCUT2D eigenvalue weighted by atomic mass is 10.1. The molecule has 3 rings (SSSR count). The van der Waals surface area contributed by atoms with Gasteiger partial charge in [0.2, 0.25) is 0 Å². The molecular weight excluding hydrogens is 252 g/mol. The van der Waals surface area contributed by atoms with Crippen LogP contribution in [-0.2, 0) is 13.0 Å². The first-order valence-corrected chi connectivity index (χ1v) is 6.14. The third kappa shape index (κ3) is 1.50. The van der Waals surface area contributed by atoms with Crippen molar-refractivity contribution in [2.24, 2.45) is 0 Å². The monoisotopic (exact) mass is 264 g/mol. The van der Waals surface area contributed by atoms with Crippen LogP contribution in [0.2, 0.25) is 0 Å². The number of hydrogen-bond donors (Lipinski definition) is 2. The van der Waals surface area contributed by atoms with Crippen molar-refractivity contribution in [1.29, 1.82) is 0 Å². The first-order chi connectivity index (χ1) is 7.36. The van der Waals surface area contributed by atoms with E-state index in [4.69, 9.17) is 0 Å². The summed E-state index contributed by atoms with van der Waals surface area (Å²) in [6, 6.07) is 6.41. The van der Waals surface area contributed by atoms with Gasteiger partial charge in [-0.25, -0.2) is 0 Å². The molecule has 2 N–H and O–H groups in total. The molecule has 1 aliphatic rings. The number of H-pyrrole nitrogens is 1. The molecule has 0 atom stereocenters. The Balaban J connectivity index is 2.28. The van der Waals surface area contributed by atoms with Crippen LogP contribution in [-0.4, -0.2) is 11.5 Å². The summed E-state index contributed by atoms with van der Waals surface area (Å²) in [7, 11) is 0. The number of fused-ring (bicyclic) bond motifs is 3. The highest BCUT2D eigenvalue weighted by Gasteiger charge is 2.14. The zero-order valence-corrected chi connectivity index (χ0v) is 10.0. The topological polar surface area (TPSA) is 27.8 Å². The van der Waals surface area contributed by atoms with E-state index >= 15 is 0 Å². The molecule has 1 aliphatic heterocycles. The Bertz CT molecular complexity index is 502. The van der Waals surface area contributed by atoms with Crippen LogP contribution in [0, 0.1) is 0 Å². The van der Waals surface area contributed by atoms with Gasteiger partial charge in [-0.3, -0.25) is 0 Å². The Kier molecular flexibility index (Phi) is 2.29. The molecule has 0 fully saturated rings. The Morgan fingerprint density at radius 3 is 3.13 bits per heavy atom. The van der Waals surface area contributed by atoms with Gasteiger partial charge < -0.3 is 10.3 Å². The summed E-state index contributed by atoms with van der Waals surface area (Å²) in [5.41, 5.74) is 4.09. The fraction of sp³-hybridized carbons (Fsp3) is 0.333. The second-order valence-corrected chi connectivity index (χ2v) is 4.88. The van der Waals surface area contributed by atoms with Gasteiger partial charge in [-0.15, -0.1) is 0 Å². The first-order valence-electron chi connectivity index (χ1n) is 5.35. The summed E-state index contributed by atoms with van der Waals surface area (Å²) in [5, 5.41) is 4.82. The Morgan fingerprint density at radius 2 is 2.20 bits per heavy atom. The SMILES string of the molecule is Brc1cccc2c3c([nH]c12)CNCCC3. The summed E-state index contributed by atoms with van der Waals surface area (Å²) in [5.74, 6) is 0. The molecule has 2 aromatic rings. The Labute approximate surface area is 97.2 Å². The van der Waals surface area contributed by atoms with Crippen LogP contribution >= 0.6 is 15.9 Å². The van der Waals surface area contributed by atoms with Crippen molar-refractivity contribution in [3.63, 3.8) is 0 Å². The van der Waals surface area contributed by atoms with Gasteiger partial charge in [0.1, 0.15) is 0 Å². The molecule has 0 saturated heterocycles. The predicted molar refractivity (Wildman–Crippen MR) is 66.0 cm³/mol. The molecule has 0 unspecified atom stereocenters. The average molecular weight is 265 g/mol. The number of rotatable bonds is 0. The molecule has 0 saturated carbocycles. The fourth-order valence-electron chi connectivity index (χ4n) is 2.33. The molecule has 78 valence electrons. The van der Waals surface area contributed by atoms with Crippen LogP contribution in [0.4, 0.5) is 0 Å². The number of aryl methyl sites for hydroxylation is 1. The van der Waals surface area contributed by atoms with E-state index in [0.29, 0.717) is 0 Å². The maximum Gasteiger partial charge on any atom is 0.0603 e. The van der Waals surface area contributed by atoms with Crippen LogP contribution < -0.4 is 5.32 Å². The van der Waals surface area contributed by atoms with Crippen molar-refractivity contribution in [2.45, 2.75) is 19.4 Å². The van der Waals surface area contributed by atoms with E-state index in [1.165, 1.54) is 35.0 Å².